The Labute approximate surface area is 188 Å². The number of aliphatic carboxylic acids is 2. The van der Waals surface area contributed by atoms with Gasteiger partial charge in [0.25, 0.3) is 0 Å². The van der Waals surface area contributed by atoms with E-state index < -0.39 is 17.9 Å². The molecule has 1 aromatic carbocycles. The van der Waals surface area contributed by atoms with Gasteiger partial charge in [-0.15, -0.1) is 0 Å². The lowest BCUT2D eigenvalue weighted by atomic mass is 10.0. The van der Waals surface area contributed by atoms with Gasteiger partial charge in [0.15, 0.2) is 5.92 Å². The summed E-state index contributed by atoms with van der Waals surface area (Å²) in [6, 6.07) is 6.28. The molecular weight excluding hydrogens is 416 g/mol. The third-order valence-electron chi connectivity index (χ3n) is 5.05. The predicted octanol–water partition coefficient (Wildman–Crippen LogP) is 4.71. The van der Waals surface area contributed by atoms with Gasteiger partial charge in [0.05, 0.1) is 24.3 Å². The van der Waals surface area contributed by atoms with Crippen molar-refractivity contribution in [1.29, 1.82) is 0 Å². The van der Waals surface area contributed by atoms with E-state index in [9.17, 15) is 19.2 Å². The molecule has 0 spiro atoms. The van der Waals surface area contributed by atoms with Crippen LogP contribution in [0.3, 0.4) is 0 Å². The number of carbonyl (C=O) groups excluding carboxylic acids is 2. The third kappa shape index (κ3) is 10.9. The molecule has 8 heteroatoms. The van der Waals surface area contributed by atoms with Crippen LogP contribution < -0.4 is 0 Å². The number of fused-ring (bicyclic) bond motifs is 9. The van der Waals surface area contributed by atoms with E-state index in [1.807, 2.05) is 0 Å². The van der Waals surface area contributed by atoms with Crippen LogP contribution in [0, 0.1) is 5.92 Å². The maximum absolute atomic E-state index is 11.5. The van der Waals surface area contributed by atoms with Gasteiger partial charge in [-0.3, -0.25) is 9.59 Å². The van der Waals surface area contributed by atoms with E-state index in [2.05, 4.69) is 6.92 Å². The number of carboxylic acids is 2. The Kier molecular flexibility index (Phi) is 13.4. The number of unbranched alkanes of at least 4 members (excludes halogenated alkanes) is 6. The first-order valence-corrected chi connectivity index (χ1v) is 11.3. The molecular formula is C24H34O8. The predicted molar refractivity (Wildman–Crippen MR) is 118 cm³/mol. The summed E-state index contributed by atoms with van der Waals surface area (Å²) in [5.74, 6) is -4.37. The van der Waals surface area contributed by atoms with E-state index in [1.54, 1.807) is 24.3 Å². The average Bonchev–Trinajstić information content (AvgIpc) is 2.76. The molecule has 0 fully saturated rings. The van der Waals surface area contributed by atoms with Crippen molar-refractivity contribution in [2.24, 2.45) is 5.92 Å². The molecule has 1 aromatic rings. The summed E-state index contributed by atoms with van der Waals surface area (Å²) >= 11 is 0. The normalized spacial score (nSPS) is 13.8. The summed E-state index contributed by atoms with van der Waals surface area (Å²) in [5.41, 5.74) is 0.911. The smallest absolute Gasteiger partial charge is 0.338 e. The Morgan fingerprint density at radius 3 is 1.59 bits per heavy atom. The Morgan fingerprint density at radius 1 is 0.781 bits per heavy atom. The second-order valence-corrected chi connectivity index (χ2v) is 7.70. The molecule has 0 unspecified atom stereocenters. The molecule has 2 N–H and O–H groups in total. The van der Waals surface area contributed by atoms with Gasteiger partial charge in [0, 0.05) is 0 Å². The fourth-order valence-electron chi connectivity index (χ4n) is 3.10. The van der Waals surface area contributed by atoms with Gasteiger partial charge in [-0.2, -0.15) is 0 Å². The van der Waals surface area contributed by atoms with E-state index in [0.717, 1.165) is 12.8 Å². The molecule has 2 heterocycles. The van der Waals surface area contributed by atoms with Crippen molar-refractivity contribution in [1.82, 2.24) is 0 Å². The van der Waals surface area contributed by atoms with Gasteiger partial charge in [0.2, 0.25) is 0 Å². The quantitative estimate of drug-likeness (QED) is 0.298. The first kappa shape index (κ1) is 27.1. The van der Waals surface area contributed by atoms with Crippen molar-refractivity contribution in [3.63, 3.8) is 0 Å². The Hall–Kier alpha value is -2.90. The first-order valence-electron chi connectivity index (χ1n) is 11.3. The van der Waals surface area contributed by atoms with E-state index >= 15 is 0 Å². The van der Waals surface area contributed by atoms with Crippen LogP contribution in [0.1, 0.15) is 91.8 Å². The van der Waals surface area contributed by atoms with Gasteiger partial charge in [0.1, 0.15) is 0 Å². The maximum atomic E-state index is 11.5. The lowest BCUT2D eigenvalue weighted by Crippen LogP contribution is -2.23. The van der Waals surface area contributed by atoms with Crippen LogP contribution in [0.5, 0.6) is 0 Å². The number of hydrogen-bond donors (Lipinski definition) is 2. The van der Waals surface area contributed by atoms with Crippen LogP contribution in [0.25, 0.3) is 0 Å². The fourth-order valence-corrected chi connectivity index (χ4v) is 3.10. The van der Waals surface area contributed by atoms with Crippen molar-refractivity contribution in [2.75, 3.05) is 13.2 Å². The van der Waals surface area contributed by atoms with E-state index in [-0.39, 0.29) is 18.4 Å². The molecule has 0 saturated carbocycles. The molecule has 0 aromatic heterocycles. The monoisotopic (exact) mass is 450 g/mol. The number of rotatable bonds is 10. The van der Waals surface area contributed by atoms with Crippen molar-refractivity contribution in [3.05, 3.63) is 35.4 Å². The zero-order valence-corrected chi connectivity index (χ0v) is 18.7. The van der Waals surface area contributed by atoms with E-state index in [0.29, 0.717) is 43.6 Å². The highest BCUT2D eigenvalue weighted by molar-refractivity contribution is 5.93. The summed E-state index contributed by atoms with van der Waals surface area (Å²) in [4.78, 5) is 44.1. The molecule has 8 nitrogen and oxygen atoms in total. The van der Waals surface area contributed by atoms with Crippen molar-refractivity contribution in [3.8, 4) is 0 Å². The van der Waals surface area contributed by atoms with E-state index in [1.165, 1.54) is 25.7 Å². The number of benzene rings is 1. The van der Waals surface area contributed by atoms with Gasteiger partial charge in [-0.25, -0.2) is 9.59 Å². The molecule has 2 bridgehead atoms. The van der Waals surface area contributed by atoms with Crippen molar-refractivity contribution < 1.29 is 38.9 Å². The molecule has 0 atom stereocenters. The lowest BCUT2D eigenvalue weighted by molar-refractivity contribution is -0.154. The molecule has 2 aliphatic rings. The second kappa shape index (κ2) is 15.8. The largest absolute Gasteiger partial charge is 0.481 e. The van der Waals surface area contributed by atoms with E-state index in [4.69, 9.17) is 19.7 Å². The molecule has 0 amide bonds. The molecule has 32 heavy (non-hydrogen) atoms. The Morgan fingerprint density at radius 2 is 1.19 bits per heavy atom. The zero-order valence-electron chi connectivity index (χ0n) is 18.7. The van der Waals surface area contributed by atoms with Gasteiger partial charge in [-0.1, -0.05) is 51.9 Å². The summed E-state index contributed by atoms with van der Waals surface area (Å²) < 4.78 is 10.1. The fraction of sp³-hybridized carbons (Fsp3) is 0.583. The Balaban J connectivity index is 0.000000320. The summed E-state index contributed by atoms with van der Waals surface area (Å²) in [5, 5.41) is 17.3. The molecule has 0 saturated heterocycles. The minimum atomic E-state index is -1.23. The van der Waals surface area contributed by atoms with Crippen LogP contribution in [0.4, 0.5) is 0 Å². The second-order valence-electron chi connectivity index (χ2n) is 7.70. The zero-order chi connectivity index (χ0) is 23.8. The summed E-state index contributed by atoms with van der Waals surface area (Å²) in [7, 11) is 0. The van der Waals surface area contributed by atoms with Gasteiger partial charge in [-0.05, 0) is 43.5 Å². The molecule has 3 rings (SSSR count). The van der Waals surface area contributed by atoms with Gasteiger partial charge >= 0.3 is 23.9 Å². The minimum Gasteiger partial charge on any atom is -0.481 e. The highest BCUT2D eigenvalue weighted by atomic mass is 16.5. The maximum Gasteiger partial charge on any atom is 0.338 e. The third-order valence-corrected chi connectivity index (χ3v) is 5.05. The molecule has 178 valence electrons. The number of carboxylic acid groups (broad SMARTS) is 2. The highest BCUT2D eigenvalue weighted by Gasteiger charge is 2.24. The topological polar surface area (TPSA) is 127 Å². The van der Waals surface area contributed by atoms with Crippen molar-refractivity contribution >= 4 is 23.9 Å². The molecule has 0 radical (unpaired) electrons. The standard InChI is InChI=1S/C12H12O4.C12H22O4/c13-11-9-3-5-10(6-4-9)12(14)16-8-2-1-7-15-11;1-2-3-4-5-6-7-8-9-10(11(13)14)12(15)16/h3-6H,1-2,7-8H2;10H,2-9H2,1H3,(H,13,14)(H,15,16). The van der Waals surface area contributed by atoms with Crippen LogP contribution in [-0.4, -0.2) is 47.3 Å². The van der Waals surface area contributed by atoms with Crippen LogP contribution >= 0.6 is 0 Å². The van der Waals surface area contributed by atoms with Crippen molar-refractivity contribution in [2.45, 2.75) is 71.1 Å². The first-order chi connectivity index (χ1) is 15.4. The van der Waals surface area contributed by atoms with Crippen LogP contribution in [0.15, 0.2) is 24.3 Å². The number of ether oxygens (including phenoxy) is 2. The van der Waals surface area contributed by atoms with Crippen LogP contribution in [-0.2, 0) is 19.1 Å². The van der Waals surface area contributed by atoms with Crippen LogP contribution in [0.2, 0.25) is 0 Å². The number of esters is 2. The number of carbonyl (C=O) groups is 4. The molecule has 0 aliphatic carbocycles. The Bertz CT molecular complexity index is 673. The lowest BCUT2D eigenvalue weighted by Gasteiger charge is -2.09. The number of hydrogen-bond acceptors (Lipinski definition) is 6. The summed E-state index contributed by atoms with van der Waals surface area (Å²) in [6.45, 7) is 2.88. The minimum absolute atomic E-state index is 0.248. The van der Waals surface area contributed by atoms with Gasteiger partial charge < -0.3 is 19.7 Å². The molecule has 2 aliphatic heterocycles. The highest BCUT2D eigenvalue weighted by Crippen LogP contribution is 2.13. The average molecular weight is 451 g/mol. The SMILES string of the molecule is CCCCCCCCCC(C(=O)O)C(=O)O.O=C1OCCCCOC(=O)c2ccc1cc2. The summed E-state index contributed by atoms with van der Waals surface area (Å²) in [6.07, 6.45) is 9.19.